The molecule has 0 radical (unpaired) electrons. The Kier molecular flexibility index (Phi) is 2.77. The zero-order chi connectivity index (χ0) is 14.2. The van der Waals surface area contributed by atoms with Crippen LogP contribution in [-0.2, 0) is 0 Å². The number of aromatic nitrogens is 3. The van der Waals surface area contributed by atoms with Crippen LogP contribution in [0.3, 0.4) is 0 Å². The van der Waals surface area contributed by atoms with Crippen molar-refractivity contribution in [1.29, 1.82) is 0 Å². The van der Waals surface area contributed by atoms with Crippen molar-refractivity contribution >= 4 is 11.4 Å². The van der Waals surface area contributed by atoms with E-state index < -0.39 is 0 Å². The number of hydrogen-bond donors (Lipinski definition) is 1. The number of nitrogens with zero attached hydrogens (tertiary/aromatic N) is 3. The molecule has 1 N–H and O–H groups in total. The molecule has 0 aliphatic heterocycles. The number of hydrogen-bond acceptors (Lipinski definition) is 2. The standard InChI is InChI=1S/C16H16N4O/c21-16(17-11-12-4-5-12)14-8-10-20(18-14)15-7-6-13-3-1-2-9-19(13)15/h1-3,6-10,12H,4-5,11H2,(H,17,21). The molecule has 5 nitrogen and oxygen atoms in total. The van der Waals surface area contributed by atoms with E-state index >= 15 is 0 Å². The Balaban J connectivity index is 1.59. The first-order valence-electron chi connectivity index (χ1n) is 7.21. The minimum Gasteiger partial charge on any atom is -0.350 e. The van der Waals surface area contributed by atoms with Crippen LogP contribution in [0.25, 0.3) is 11.3 Å². The van der Waals surface area contributed by atoms with Gasteiger partial charge in [-0.3, -0.25) is 4.79 Å². The number of carbonyl (C=O) groups excluding carboxylic acids is 1. The summed E-state index contributed by atoms with van der Waals surface area (Å²) in [6, 6.07) is 11.8. The second-order valence-corrected chi connectivity index (χ2v) is 5.49. The Labute approximate surface area is 122 Å². The van der Waals surface area contributed by atoms with Gasteiger partial charge in [0.25, 0.3) is 5.91 Å². The Hall–Kier alpha value is -2.56. The summed E-state index contributed by atoms with van der Waals surface area (Å²) in [5, 5.41) is 7.32. The SMILES string of the molecule is O=C(NCC1CC1)c1ccn(-c2ccc3ccccn23)n1. The van der Waals surface area contributed by atoms with Gasteiger partial charge in [-0.2, -0.15) is 5.10 Å². The normalized spacial score (nSPS) is 14.5. The summed E-state index contributed by atoms with van der Waals surface area (Å²) < 4.78 is 3.78. The quantitative estimate of drug-likeness (QED) is 0.797. The summed E-state index contributed by atoms with van der Waals surface area (Å²) in [7, 11) is 0. The van der Waals surface area contributed by atoms with E-state index in [2.05, 4.69) is 10.4 Å². The summed E-state index contributed by atoms with van der Waals surface area (Å²) in [5.41, 5.74) is 1.56. The third-order valence-corrected chi connectivity index (χ3v) is 3.85. The maximum atomic E-state index is 12.0. The zero-order valence-corrected chi connectivity index (χ0v) is 11.6. The van der Waals surface area contributed by atoms with Crippen LogP contribution in [0.15, 0.2) is 48.8 Å². The third kappa shape index (κ3) is 2.31. The lowest BCUT2D eigenvalue weighted by Gasteiger charge is -2.03. The van der Waals surface area contributed by atoms with Crippen LogP contribution < -0.4 is 5.32 Å². The van der Waals surface area contributed by atoms with Gasteiger partial charge in [0.05, 0.1) is 0 Å². The second-order valence-electron chi connectivity index (χ2n) is 5.49. The molecule has 0 aromatic carbocycles. The smallest absolute Gasteiger partial charge is 0.271 e. The molecular formula is C16H16N4O. The van der Waals surface area contributed by atoms with Crippen molar-refractivity contribution in [2.45, 2.75) is 12.8 Å². The van der Waals surface area contributed by atoms with E-state index in [9.17, 15) is 4.79 Å². The average molecular weight is 280 g/mol. The van der Waals surface area contributed by atoms with Crippen molar-refractivity contribution in [3.8, 4) is 5.82 Å². The number of rotatable bonds is 4. The van der Waals surface area contributed by atoms with Crippen LogP contribution in [0.1, 0.15) is 23.3 Å². The van der Waals surface area contributed by atoms with E-state index in [0.29, 0.717) is 11.6 Å². The lowest BCUT2D eigenvalue weighted by Crippen LogP contribution is -2.26. The van der Waals surface area contributed by atoms with Gasteiger partial charge < -0.3 is 9.72 Å². The molecule has 4 rings (SSSR count). The van der Waals surface area contributed by atoms with Crippen molar-refractivity contribution in [2.24, 2.45) is 5.92 Å². The van der Waals surface area contributed by atoms with Gasteiger partial charge in [0, 0.05) is 24.5 Å². The molecular weight excluding hydrogens is 264 g/mol. The lowest BCUT2D eigenvalue weighted by atomic mass is 10.3. The van der Waals surface area contributed by atoms with Gasteiger partial charge in [0.1, 0.15) is 5.82 Å². The Morgan fingerprint density at radius 2 is 2.10 bits per heavy atom. The van der Waals surface area contributed by atoms with Crippen LogP contribution in [0.2, 0.25) is 0 Å². The highest BCUT2D eigenvalue weighted by molar-refractivity contribution is 5.92. The number of carbonyl (C=O) groups is 1. The van der Waals surface area contributed by atoms with Crippen LogP contribution in [0.4, 0.5) is 0 Å². The van der Waals surface area contributed by atoms with E-state index in [1.807, 2.05) is 47.1 Å². The maximum Gasteiger partial charge on any atom is 0.271 e. The van der Waals surface area contributed by atoms with Crippen LogP contribution >= 0.6 is 0 Å². The average Bonchev–Trinajstić information content (AvgIpc) is 3.04. The van der Waals surface area contributed by atoms with Crippen molar-refractivity contribution < 1.29 is 4.79 Å². The van der Waals surface area contributed by atoms with E-state index in [1.54, 1.807) is 10.7 Å². The van der Waals surface area contributed by atoms with E-state index in [0.717, 1.165) is 17.9 Å². The molecule has 0 unspecified atom stereocenters. The molecule has 0 spiro atoms. The van der Waals surface area contributed by atoms with Gasteiger partial charge in [-0.25, -0.2) is 4.68 Å². The first-order chi connectivity index (χ1) is 10.3. The van der Waals surface area contributed by atoms with E-state index in [1.165, 1.54) is 12.8 Å². The first-order valence-corrected chi connectivity index (χ1v) is 7.21. The Morgan fingerprint density at radius 3 is 2.95 bits per heavy atom. The topological polar surface area (TPSA) is 51.3 Å². The van der Waals surface area contributed by atoms with E-state index in [-0.39, 0.29) is 5.91 Å². The second kappa shape index (κ2) is 4.77. The number of amides is 1. The minimum absolute atomic E-state index is 0.0958. The molecule has 3 aromatic rings. The van der Waals surface area contributed by atoms with Crippen LogP contribution in [0.5, 0.6) is 0 Å². The molecule has 21 heavy (non-hydrogen) atoms. The molecule has 106 valence electrons. The fourth-order valence-electron chi connectivity index (χ4n) is 2.45. The fraction of sp³-hybridized carbons (Fsp3) is 0.250. The summed E-state index contributed by atoms with van der Waals surface area (Å²) >= 11 is 0. The molecule has 1 aliphatic carbocycles. The van der Waals surface area contributed by atoms with Gasteiger partial charge in [-0.05, 0) is 49.1 Å². The highest BCUT2D eigenvalue weighted by Gasteiger charge is 2.22. The molecule has 1 saturated carbocycles. The zero-order valence-electron chi connectivity index (χ0n) is 11.6. The van der Waals surface area contributed by atoms with Gasteiger partial charge in [-0.15, -0.1) is 0 Å². The summed E-state index contributed by atoms with van der Waals surface area (Å²) in [4.78, 5) is 12.0. The molecule has 1 aliphatic rings. The van der Waals surface area contributed by atoms with Gasteiger partial charge in [0.2, 0.25) is 0 Å². The Bertz CT molecular complexity index is 797. The first kappa shape index (κ1) is 12.2. The number of pyridine rings is 1. The lowest BCUT2D eigenvalue weighted by molar-refractivity contribution is 0.0946. The third-order valence-electron chi connectivity index (χ3n) is 3.85. The summed E-state index contributed by atoms with van der Waals surface area (Å²) in [6.07, 6.45) is 6.26. The van der Waals surface area contributed by atoms with Crippen molar-refractivity contribution in [2.75, 3.05) is 6.54 Å². The van der Waals surface area contributed by atoms with Gasteiger partial charge in [0.15, 0.2) is 5.69 Å². The van der Waals surface area contributed by atoms with E-state index in [4.69, 9.17) is 0 Å². The highest BCUT2D eigenvalue weighted by Crippen LogP contribution is 2.27. The largest absolute Gasteiger partial charge is 0.350 e. The molecule has 0 atom stereocenters. The molecule has 3 heterocycles. The predicted octanol–water partition coefficient (Wildman–Crippen LogP) is 2.26. The van der Waals surface area contributed by atoms with Crippen molar-refractivity contribution in [3.05, 3.63) is 54.5 Å². The van der Waals surface area contributed by atoms with Gasteiger partial charge in [-0.1, -0.05) is 6.07 Å². The monoisotopic (exact) mass is 280 g/mol. The minimum atomic E-state index is -0.0958. The van der Waals surface area contributed by atoms with Crippen LogP contribution in [0, 0.1) is 5.92 Å². The molecule has 5 heteroatoms. The van der Waals surface area contributed by atoms with Crippen molar-refractivity contribution in [3.63, 3.8) is 0 Å². The molecule has 0 saturated heterocycles. The number of nitrogens with one attached hydrogen (secondary N) is 1. The number of fused-ring (bicyclic) bond motifs is 1. The summed E-state index contributed by atoms with van der Waals surface area (Å²) in [5.74, 6) is 1.50. The summed E-state index contributed by atoms with van der Waals surface area (Å²) in [6.45, 7) is 0.764. The highest BCUT2D eigenvalue weighted by atomic mass is 16.1. The van der Waals surface area contributed by atoms with Crippen molar-refractivity contribution in [1.82, 2.24) is 19.5 Å². The van der Waals surface area contributed by atoms with Gasteiger partial charge >= 0.3 is 0 Å². The molecule has 3 aromatic heterocycles. The Morgan fingerprint density at radius 1 is 1.19 bits per heavy atom. The fourth-order valence-corrected chi connectivity index (χ4v) is 2.45. The van der Waals surface area contributed by atoms with Crippen LogP contribution in [-0.4, -0.2) is 26.6 Å². The molecule has 1 amide bonds. The molecule has 1 fully saturated rings. The predicted molar refractivity (Wildman–Crippen MR) is 79.6 cm³/mol. The molecule has 0 bridgehead atoms. The maximum absolute atomic E-state index is 12.0.